The molecule has 1 heterocycles. The molecule has 5 heteroatoms. The average molecular weight is 237 g/mol. The third-order valence-electron chi connectivity index (χ3n) is 3.04. The highest BCUT2D eigenvalue weighted by molar-refractivity contribution is 5.83. The van der Waals surface area contributed by atoms with Crippen molar-refractivity contribution in [2.75, 3.05) is 13.2 Å². The zero-order chi connectivity index (χ0) is 12.3. The molecule has 0 radical (unpaired) electrons. The lowest BCUT2D eigenvalue weighted by Gasteiger charge is -2.28. The standard InChI is InChI=1S/C12H19N3O2/c1-2-5-17-15-9-6-10(8-3-4-8)11(12(13)16)14-7-9/h2,6,8-9,11,14-15H,1,3-5,7H2,(H2,13,16)/t9-,11?/m1/s1. The van der Waals surface area contributed by atoms with E-state index in [2.05, 4.69) is 23.5 Å². The van der Waals surface area contributed by atoms with Gasteiger partial charge in [0.1, 0.15) is 6.04 Å². The molecule has 1 saturated carbocycles. The van der Waals surface area contributed by atoms with E-state index >= 15 is 0 Å². The number of hydrogen-bond acceptors (Lipinski definition) is 4. The first kappa shape index (κ1) is 12.3. The van der Waals surface area contributed by atoms with Gasteiger partial charge in [-0.05, 0) is 24.3 Å². The summed E-state index contributed by atoms with van der Waals surface area (Å²) in [6, 6.07) is -0.221. The van der Waals surface area contributed by atoms with Crippen LogP contribution in [0, 0.1) is 5.92 Å². The van der Waals surface area contributed by atoms with E-state index in [1.165, 1.54) is 0 Å². The van der Waals surface area contributed by atoms with Gasteiger partial charge in [0, 0.05) is 6.54 Å². The maximum Gasteiger partial charge on any atom is 0.238 e. The van der Waals surface area contributed by atoms with Crippen LogP contribution in [-0.2, 0) is 9.63 Å². The summed E-state index contributed by atoms with van der Waals surface area (Å²) in [7, 11) is 0. The van der Waals surface area contributed by atoms with Crippen LogP contribution in [0.1, 0.15) is 12.8 Å². The van der Waals surface area contributed by atoms with Crippen LogP contribution >= 0.6 is 0 Å². The first-order valence-corrected chi connectivity index (χ1v) is 5.95. The lowest BCUT2D eigenvalue weighted by atomic mass is 9.95. The van der Waals surface area contributed by atoms with E-state index in [0.717, 1.165) is 18.4 Å². The van der Waals surface area contributed by atoms with Crippen LogP contribution in [0.2, 0.25) is 0 Å². The largest absolute Gasteiger partial charge is 0.368 e. The lowest BCUT2D eigenvalue weighted by Crippen LogP contribution is -2.52. The van der Waals surface area contributed by atoms with Crippen LogP contribution < -0.4 is 16.5 Å². The smallest absolute Gasteiger partial charge is 0.238 e. The molecule has 1 fully saturated rings. The van der Waals surface area contributed by atoms with Gasteiger partial charge in [0.05, 0.1) is 12.6 Å². The minimum atomic E-state index is -0.306. The minimum Gasteiger partial charge on any atom is -0.368 e. The van der Waals surface area contributed by atoms with Gasteiger partial charge in [0.15, 0.2) is 0 Å². The molecule has 0 saturated heterocycles. The van der Waals surface area contributed by atoms with Crippen molar-refractivity contribution in [3.8, 4) is 0 Å². The van der Waals surface area contributed by atoms with Crippen LogP contribution in [0.4, 0.5) is 0 Å². The van der Waals surface area contributed by atoms with Gasteiger partial charge in [-0.15, -0.1) is 6.58 Å². The van der Waals surface area contributed by atoms with Gasteiger partial charge < -0.3 is 11.1 Å². The Bertz CT molecular complexity index is 337. The van der Waals surface area contributed by atoms with E-state index in [9.17, 15) is 4.79 Å². The molecule has 1 aliphatic heterocycles. The van der Waals surface area contributed by atoms with Crippen molar-refractivity contribution >= 4 is 5.91 Å². The molecular formula is C12H19N3O2. The van der Waals surface area contributed by atoms with Crippen molar-refractivity contribution in [1.82, 2.24) is 10.8 Å². The Balaban J connectivity index is 1.97. The van der Waals surface area contributed by atoms with Gasteiger partial charge in [-0.1, -0.05) is 12.2 Å². The summed E-state index contributed by atoms with van der Waals surface area (Å²) >= 11 is 0. The predicted octanol–water partition coefficient (Wildman–Crippen LogP) is -0.144. The monoisotopic (exact) mass is 237 g/mol. The fraction of sp³-hybridized carbons (Fsp3) is 0.583. The Morgan fingerprint density at radius 3 is 3.06 bits per heavy atom. The molecule has 0 spiro atoms. The molecule has 2 atom stereocenters. The number of hydrogen-bond donors (Lipinski definition) is 3. The molecule has 94 valence electrons. The van der Waals surface area contributed by atoms with E-state index in [0.29, 0.717) is 19.1 Å². The highest BCUT2D eigenvalue weighted by atomic mass is 16.6. The summed E-state index contributed by atoms with van der Waals surface area (Å²) in [4.78, 5) is 16.5. The van der Waals surface area contributed by atoms with Crippen LogP contribution in [-0.4, -0.2) is 31.1 Å². The number of rotatable bonds is 6. The topological polar surface area (TPSA) is 76.4 Å². The number of nitrogens with two attached hydrogens (primary N) is 1. The molecule has 1 unspecified atom stereocenters. The predicted molar refractivity (Wildman–Crippen MR) is 64.9 cm³/mol. The van der Waals surface area contributed by atoms with E-state index in [-0.39, 0.29) is 18.0 Å². The number of carbonyl (C=O) groups excluding carboxylic acids is 1. The van der Waals surface area contributed by atoms with Crippen LogP contribution in [0.3, 0.4) is 0 Å². The SMILES string of the molecule is C=CCON[C@@H]1C=C(C2CC2)C(C(N)=O)NC1. The van der Waals surface area contributed by atoms with Crippen LogP contribution in [0.5, 0.6) is 0 Å². The fourth-order valence-corrected chi connectivity index (χ4v) is 2.09. The number of amides is 1. The highest BCUT2D eigenvalue weighted by Gasteiger charge is 2.36. The number of primary amides is 1. The first-order chi connectivity index (χ1) is 8.22. The number of nitrogens with one attached hydrogen (secondary N) is 2. The second kappa shape index (κ2) is 5.44. The molecule has 0 bridgehead atoms. The van der Waals surface area contributed by atoms with Crippen molar-refractivity contribution in [2.24, 2.45) is 11.7 Å². The minimum absolute atomic E-state index is 0.0844. The molecule has 0 aromatic heterocycles. The summed E-state index contributed by atoms with van der Waals surface area (Å²) in [6.07, 6.45) is 6.06. The van der Waals surface area contributed by atoms with Crippen molar-refractivity contribution in [3.05, 3.63) is 24.3 Å². The Labute approximate surface area is 101 Å². The Morgan fingerprint density at radius 1 is 1.71 bits per heavy atom. The Morgan fingerprint density at radius 2 is 2.47 bits per heavy atom. The summed E-state index contributed by atoms with van der Waals surface area (Å²) in [5.41, 5.74) is 9.43. The fourth-order valence-electron chi connectivity index (χ4n) is 2.09. The molecule has 0 aromatic rings. The van der Waals surface area contributed by atoms with Gasteiger partial charge >= 0.3 is 0 Å². The molecule has 2 rings (SSSR count). The molecule has 0 aromatic carbocycles. The summed E-state index contributed by atoms with van der Waals surface area (Å²) in [5.74, 6) is 0.220. The Hall–Kier alpha value is -1.17. The molecule has 2 aliphatic rings. The van der Waals surface area contributed by atoms with Crippen molar-refractivity contribution in [1.29, 1.82) is 0 Å². The van der Waals surface area contributed by atoms with Crippen LogP contribution in [0.15, 0.2) is 24.3 Å². The zero-order valence-electron chi connectivity index (χ0n) is 9.82. The molecule has 4 N–H and O–H groups in total. The molecular weight excluding hydrogens is 218 g/mol. The molecule has 1 amide bonds. The summed E-state index contributed by atoms with van der Waals surface area (Å²) in [6.45, 7) is 4.68. The second-order valence-corrected chi connectivity index (χ2v) is 4.51. The van der Waals surface area contributed by atoms with E-state index < -0.39 is 0 Å². The molecule has 1 aliphatic carbocycles. The zero-order valence-corrected chi connectivity index (χ0v) is 9.82. The Kier molecular flexibility index (Phi) is 3.93. The lowest BCUT2D eigenvalue weighted by molar-refractivity contribution is -0.119. The molecule has 17 heavy (non-hydrogen) atoms. The first-order valence-electron chi connectivity index (χ1n) is 5.95. The summed E-state index contributed by atoms with van der Waals surface area (Å²) < 4.78 is 0. The van der Waals surface area contributed by atoms with Gasteiger partial charge in [0.25, 0.3) is 0 Å². The average Bonchev–Trinajstić information content (AvgIpc) is 3.13. The number of carbonyl (C=O) groups is 1. The second-order valence-electron chi connectivity index (χ2n) is 4.51. The van der Waals surface area contributed by atoms with Crippen molar-refractivity contribution < 1.29 is 9.63 Å². The quantitative estimate of drug-likeness (QED) is 0.341. The number of hydroxylamine groups is 1. The van der Waals surface area contributed by atoms with Crippen molar-refractivity contribution in [2.45, 2.75) is 24.9 Å². The van der Waals surface area contributed by atoms with Gasteiger partial charge in [-0.3, -0.25) is 9.63 Å². The van der Waals surface area contributed by atoms with Gasteiger partial charge in [-0.25, -0.2) is 0 Å². The third-order valence-corrected chi connectivity index (χ3v) is 3.04. The molecule has 5 nitrogen and oxygen atoms in total. The highest BCUT2D eigenvalue weighted by Crippen LogP contribution is 2.39. The van der Waals surface area contributed by atoms with Gasteiger partial charge in [-0.2, -0.15) is 5.48 Å². The van der Waals surface area contributed by atoms with Crippen LogP contribution in [0.25, 0.3) is 0 Å². The van der Waals surface area contributed by atoms with Crippen molar-refractivity contribution in [3.63, 3.8) is 0 Å². The van der Waals surface area contributed by atoms with Gasteiger partial charge in [0.2, 0.25) is 5.91 Å². The third kappa shape index (κ3) is 3.15. The maximum atomic E-state index is 11.3. The summed E-state index contributed by atoms with van der Waals surface area (Å²) in [5, 5.41) is 3.16. The van der Waals surface area contributed by atoms with E-state index in [1.807, 2.05) is 0 Å². The van der Waals surface area contributed by atoms with E-state index in [4.69, 9.17) is 10.6 Å². The van der Waals surface area contributed by atoms with E-state index in [1.54, 1.807) is 6.08 Å². The normalized spacial score (nSPS) is 28.6. The maximum absolute atomic E-state index is 11.3.